The maximum atomic E-state index is 13.1. The maximum absolute atomic E-state index is 13.1. The van der Waals surface area contributed by atoms with Crippen LogP contribution in [0.3, 0.4) is 0 Å². The lowest BCUT2D eigenvalue weighted by Gasteiger charge is -2.64. The highest BCUT2D eigenvalue weighted by Gasteiger charge is 2.68. The van der Waals surface area contributed by atoms with Gasteiger partial charge in [0.1, 0.15) is 19.4 Å². The number of aliphatic hydroxyl groups is 1. The van der Waals surface area contributed by atoms with Crippen LogP contribution in [-0.2, 0) is 9.59 Å². The number of hydrogen-bond donors (Lipinski definition) is 1. The van der Waals surface area contributed by atoms with E-state index in [0.29, 0.717) is 24.8 Å². The molecule has 148 valence electrons. The van der Waals surface area contributed by atoms with E-state index in [0.717, 1.165) is 0 Å². The number of aliphatic hydroxyl groups excluding tert-OH is 1. The molecule has 0 saturated heterocycles. The Morgan fingerprint density at radius 2 is 1.75 bits per heavy atom. The zero-order chi connectivity index (χ0) is 24.2. The lowest BCUT2D eigenvalue weighted by molar-refractivity contribution is -0.142. The number of allylic oxidation sites excluding steroid dienone is 1. The Morgan fingerprint density at radius 1 is 1.16 bits per heavy atom. The van der Waals surface area contributed by atoms with Crippen molar-refractivity contribution in [3.63, 3.8) is 0 Å². The molecule has 3 saturated carbocycles. The molecule has 3 fully saturated rings. The third-order valence-electron chi connectivity index (χ3n) is 9.38. The van der Waals surface area contributed by atoms with Crippen molar-refractivity contribution in [2.24, 2.45) is 28.6 Å². The second-order valence-electron chi connectivity index (χ2n) is 11.4. The van der Waals surface area contributed by atoms with Gasteiger partial charge in [0.25, 0.3) is 0 Å². The van der Waals surface area contributed by atoms with Crippen molar-refractivity contribution < 1.29 is 14.7 Å². The van der Waals surface area contributed by atoms with Gasteiger partial charge in [0.05, 0.1) is 61.0 Å². The summed E-state index contributed by atoms with van der Waals surface area (Å²) in [4.78, 5) is 25.8. The standard InChI is InChI=1S/C21H22B8O3/c1-17-7-20(25,26)15(31)14(23)13(17)10(22)5-8-9-3-4-19(24,16(32)21(27,28)29)18(9,2)6-11(30)12(8)17/h8-12,30H,3-7H2,1-2H3/t8?,9?,10?,11-,12?,17+,18-,19-/m0/s1. The molecule has 0 aromatic heterocycles. The fourth-order valence-electron chi connectivity index (χ4n) is 8.20. The summed E-state index contributed by atoms with van der Waals surface area (Å²) in [6.45, 7) is 3.83. The summed E-state index contributed by atoms with van der Waals surface area (Å²) in [6, 6.07) is 0. The van der Waals surface area contributed by atoms with Gasteiger partial charge in [-0.15, -0.1) is 0 Å². The monoisotopic (exact) mass is 410 g/mol. The second kappa shape index (κ2) is 7.05. The van der Waals surface area contributed by atoms with E-state index in [1.165, 1.54) is 0 Å². The molecule has 0 aromatic rings. The zero-order valence-electron chi connectivity index (χ0n) is 18.8. The van der Waals surface area contributed by atoms with Crippen LogP contribution in [0, 0.1) is 28.6 Å². The van der Waals surface area contributed by atoms with E-state index >= 15 is 0 Å². The molecule has 8 atom stereocenters. The molecule has 0 aromatic carbocycles. The fourth-order valence-corrected chi connectivity index (χ4v) is 8.20. The molecule has 0 aliphatic heterocycles. The van der Waals surface area contributed by atoms with E-state index in [1.807, 2.05) is 13.8 Å². The highest BCUT2D eigenvalue weighted by Crippen LogP contribution is 2.74. The van der Waals surface area contributed by atoms with Crippen LogP contribution in [0.5, 0.6) is 0 Å². The van der Waals surface area contributed by atoms with E-state index in [1.54, 1.807) is 0 Å². The summed E-state index contributed by atoms with van der Waals surface area (Å²) in [7, 11) is 49.1. The topological polar surface area (TPSA) is 54.4 Å². The summed E-state index contributed by atoms with van der Waals surface area (Å²) < 4.78 is 0. The number of ketones is 2. The molecule has 0 amide bonds. The predicted octanol–water partition coefficient (Wildman–Crippen LogP) is 0.0908. The van der Waals surface area contributed by atoms with Crippen molar-refractivity contribution in [1.29, 1.82) is 0 Å². The molecule has 4 aliphatic carbocycles. The van der Waals surface area contributed by atoms with Gasteiger partial charge in [-0.1, -0.05) is 42.2 Å². The first-order valence-electron chi connectivity index (χ1n) is 11.2. The largest absolute Gasteiger partial charge is 0.393 e. The Labute approximate surface area is 202 Å². The summed E-state index contributed by atoms with van der Waals surface area (Å²) >= 11 is 0. The van der Waals surface area contributed by atoms with Crippen LogP contribution in [-0.4, -0.2) is 85.5 Å². The van der Waals surface area contributed by atoms with Crippen LogP contribution >= 0.6 is 0 Å². The quantitative estimate of drug-likeness (QED) is 0.659. The lowest BCUT2D eigenvalue weighted by Crippen LogP contribution is -2.61. The Balaban J connectivity index is 1.82. The van der Waals surface area contributed by atoms with Crippen molar-refractivity contribution in [3.05, 3.63) is 11.0 Å². The SMILES string of the molecule is [B]C1=C2C([B])CC3C([C@@H](O)C[C@@]4(C)C3CC[C@]4([B])C(=O)C([B])([B])[B])[C@@]2(C)CC([B])([B])C1=O. The van der Waals surface area contributed by atoms with E-state index in [-0.39, 0.29) is 36.1 Å². The minimum absolute atomic E-state index is 0.00388. The highest BCUT2D eigenvalue weighted by atomic mass is 16.3. The van der Waals surface area contributed by atoms with E-state index in [9.17, 15) is 14.7 Å². The van der Waals surface area contributed by atoms with Crippen LogP contribution in [0.2, 0.25) is 21.5 Å². The van der Waals surface area contributed by atoms with Crippen LogP contribution in [0.25, 0.3) is 0 Å². The van der Waals surface area contributed by atoms with Crippen LogP contribution in [0.4, 0.5) is 0 Å². The van der Waals surface area contributed by atoms with E-state index in [2.05, 4.69) is 0 Å². The van der Waals surface area contributed by atoms with Gasteiger partial charge in [-0.25, -0.2) is 0 Å². The zero-order valence-corrected chi connectivity index (χ0v) is 18.8. The van der Waals surface area contributed by atoms with Crippen molar-refractivity contribution >= 4 is 74.3 Å². The molecule has 16 radical (unpaired) electrons. The molecule has 3 nitrogen and oxygen atoms in total. The van der Waals surface area contributed by atoms with Gasteiger partial charge in [-0.3, -0.25) is 4.79 Å². The molecular formula is C21H22B8O3. The van der Waals surface area contributed by atoms with Crippen molar-refractivity contribution in [3.8, 4) is 0 Å². The molecule has 1 N–H and O–H groups in total. The summed E-state index contributed by atoms with van der Waals surface area (Å²) in [5.41, 5.74) is -0.933. The Morgan fingerprint density at radius 3 is 2.31 bits per heavy atom. The van der Waals surface area contributed by atoms with Crippen LogP contribution in [0.15, 0.2) is 11.0 Å². The molecule has 32 heavy (non-hydrogen) atoms. The normalized spacial score (nSPS) is 48.0. The van der Waals surface area contributed by atoms with Gasteiger partial charge >= 0.3 is 0 Å². The first-order chi connectivity index (χ1) is 14.4. The molecule has 0 spiro atoms. The summed E-state index contributed by atoms with van der Waals surface area (Å²) in [5, 5.41) is 6.42. The van der Waals surface area contributed by atoms with E-state index in [4.69, 9.17) is 62.8 Å². The Hall–Kier alpha value is -0.441. The summed E-state index contributed by atoms with van der Waals surface area (Å²) in [5.74, 6) is -2.08. The Bertz CT molecular complexity index is 913. The number of hydrogen-bond acceptors (Lipinski definition) is 3. The molecule has 0 bridgehead atoms. The van der Waals surface area contributed by atoms with Gasteiger partial charge in [-0.2, -0.15) is 0 Å². The first-order valence-corrected chi connectivity index (χ1v) is 11.2. The van der Waals surface area contributed by atoms with Gasteiger partial charge in [0.15, 0.2) is 0 Å². The average molecular weight is 409 g/mol. The fraction of sp³-hybridized carbons (Fsp3) is 0.810. The number of carbonyl (C=O) groups is 2. The number of Topliss-reactive ketones (excluding diaryl/α,β-unsaturated/α-hetero) is 2. The Kier molecular flexibility index (Phi) is 5.43. The van der Waals surface area contributed by atoms with Crippen molar-refractivity contribution in [2.45, 2.75) is 73.5 Å². The third-order valence-corrected chi connectivity index (χ3v) is 9.38. The lowest BCUT2D eigenvalue weighted by atomic mass is 9.31. The number of fused-ring (bicyclic) bond motifs is 5. The highest BCUT2D eigenvalue weighted by molar-refractivity contribution is 6.70. The summed E-state index contributed by atoms with van der Waals surface area (Å²) in [6.07, 6.45) is 0.979. The molecule has 0 heterocycles. The first kappa shape index (κ1) is 24.7. The van der Waals surface area contributed by atoms with Gasteiger partial charge in [0, 0.05) is 0 Å². The predicted molar refractivity (Wildman–Crippen MR) is 131 cm³/mol. The molecule has 4 aliphatic rings. The molecule has 4 rings (SSSR count). The minimum Gasteiger partial charge on any atom is -0.393 e. The smallest absolute Gasteiger partial charge is 0.137 e. The minimum atomic E-state index is -2.07. The van der Waals surface area contributed by atoms with Gasteiger partial charge in [0.2, 0.25) is 0 Å². The molecular weight excluding hydrogens is 387 g/mol. The van der Waals surface area contributed by atoms with E-state index < -0.39 is 50.0 Å². The third kappa shape index (κ3) is 3.01. The average Bonchev–Trinajstić information content (AvgIpc) is 2.89. The molecule has 4 unspecified atom stereocenters. The van der Waals surface area contributed by atoms with Gasteiger partial charge in [-0.05, 0) is 64.8 Å². The van der Waals surface area contributed by atoms with Crippen molar-refractivity contribution in [1.82, 2.24) is 0 Å². The second-order valence-corrected chi connectivity index (χ2v) is 11.4. The van der Waals surface area contributed by atoms with Crippen LogP contribution in [0.1, 0.15) is 46.0 Å². The molecule has 11 heteroatoms. The van der Waals surface area contributed by atoms with Crippen LogP contribution < -0.4 is 0 Å². The number of rotatable bonds is 2. The van der Waals surface area contributed by atoms with Gasteiger partial charge < -0.3 is 9.90 Å². The van der Waals surface area contributed by atoms with Crippen molar-refractivity contribution in [2.75, 3.05) is 0 Å². The maximum Gasteiger partial charge on any atom is 0.137 e. The number of carbonyl (C=O) groups excluding carboxylic acids is 2.